The van der Waals surface area contributed by atoms with Crippen LogP contribution in [0.4, 0.5) is 0 Å². The number of aliphatic imine (C=N–C) groups is 1. The smallest absolute Gasteiger partial charge is 0.231 e. The monoisotopic (exact) mass is 397 g/mol. The van der Waals surface area contributed by atoms with Crippen LogP contribution >= 0.6 is 0 Å². The lowest BCUT2D eigenvalue weighted by Gasteiger charge is -2.32. The second kappa shape index (κ2) is 7.33. The van der Waals surface area contributed by atoms with E-state index in [1.807, 2.05) is 31.7 Å². The van der Waals surface area contributed by atoms with E-state index in [1.54, 1.807) is 4.68 Å². The lowest BCUT2D eigenvalue weighted by atomic mass is 9.92. The van der Waals surface area contributed by atoms with Crippen LogP contribution in [-0.4, -0.2) is 26.8 Å². The van der Waals surface area contributed by atoms with Crippen molar-refractivity contribution in [1.82, 2.24) is 25.6 Å². The first-order chi connectivity index (χ1) is 13.7. The molecule has 0 aromatic carbocycles. The zero-order valence-corrected chi connectivity index (χ0v) is 17.7. The molecule has 1 atom stereocenters. The topological polar surface area (TPSA) is 106 Å². The van der Waals surface area contributed by atoms with Crippen molar-refractivity contribution in [2.75, 3.05) is 0 Å². The molecule has 0 radical (unpaired) electrons. The van der Waals surface area contributed by atoms with Gasteiger partial charge in [0.05, 0.1) is 6.20 Å². The molecular weight excluding hydrogens is 366 g/mol. The van der Waals surface area contributed by atoms with E-state index in [4.69, 9.17) is 15.2 Å². The Morgan fingerprint density at radius 2 is 2.03 bits per heavy atom. The zero-order chi connectivity index (χ0) is 20.6. The predicted octanol–water partition coefficient (Wildman–Crippen LogP) is 2.74. The molecule has 8 nitrogen and oxygen atoms in total. The molecule has 1 aliphatic heterocycles. The number of amidine groups is 1. The van der Waals surface area contributed by atoms with Crippen LogP contribution in [0.25, 0.3) is 5.57 Å². The van der Waals surface area contributed by atoms with Crippen molar-refractivity contribution >= 4 is 11.4 Å². The van der Waals surface area contributed by atoms with E-state index in [2.05, 4.69) is 41.7 Å². The fraction of sp³-hybridized carbons (Fsp3) is 0.571. The molecule has 156 valence electrons. The summed E-state index contributed by atoms with van der Waals surface area (Å²) in [6.45, 7) is 6.23. The Hall–Kier alpha value is -2.61. The fourth-order valence-electron chi connectivity index (χ4n) is 3.79. The second-order valence-electron chi connectivity index (χ2n) is 9.14. The standard InChI is InChI=1S/C21H31N7O/c1-20(2,3)18-10-17(27-29-18)21(22)23-12-16(14-11-24-28(4)13-14)19(26-21)25-15-8-6-5-7-9-15/h10-13,15,23H,5-9,22H2,1-4H3,(H,25,26). The first kappa shape index (κ1) is 19.7. The molecule has 2 aliphatic rings. The SMILES string of the molecule is Cn1cc(C2=CNC(N)(c3cc(C(C)(C)C)on3)N=C2NC2CCCCC2)cn1. The normalized spacial score (nSPS) is 23.3. The molecule has 0 bridgehead atoms. The summed E-state index contributed by atoms with van der Waals surface area (Å²) in [6, 6.07) is 2.28. The molecule has 8 heteroatoms. The lowest BCUT2D eigenvalue weighted by Crippen LogP contribution is -2.52. The Labute approximate surface area is 171 Å². The van der Waals surface area contributed by atoms with Crippen molar-refractivity contribution in [1.29, 1.82) is 0 Å². The molecule has 3 heterocycles. The summed E-state index contributed by atoms with van der Waals surface area (Å²) >= 11 is 0. The number of hydrogen-bond donors (Lipinski definition) is 3. The summed E-state index contributed by atoms with van der Waals surface area (Å²) in [5.74, 6) is 0.361. The number of nitrogens with zero attached hydrogens (tertiary/aromatic N) is 4. The third-order valence-corrected chi connectivity index (χ3v) is 5.58. The van der Waals surface area contributed by atoms with Gasteiger partial charge in [0, 0.05) is 48.1 Å². The van der Waals surface area contributed by atoms with Crippen molar-refractivity contribution in [2.45, 2.75) is 70.1 Å². The van der Waals surface area contributed by atoms with Crippen molar-refractivity contribution in [2.24, 2.45) is 17.8 Å². The Kier molecular flexibility index (Phi) is 4.98. The molecule has 4 N–H and O–H groups in total. The molecule has 4 rings (SSSR count). The highest BCUT2D eigenvalue weighted by molar-refractivity contribution is 6.23. The van der Waals surface area contributed by atoms with E-state index in [9.17, 15) is 0 Å². The van der Waals surface area contributed by atoms with Gasteiger partial charge in [-0.1, -0.05) is 45.2 Å². The van der Waals surface area contributed by atoms with E-state index in [0.29, 0.717) is 11.7 Å². The van der Waals surface area contributed by atoms with Gasteiger partial charge in [0.2, 0.25) is 5.79 Å². The van der Waals surface area contributed by atoms with Crippen LogP contribution in [0.1, 0.15) is 69.9 Å². The van der Waals surface area contributed by atoms with Gasteiger partial charge >= 0.3 is 0 Å². The van der Waals surface area contributed by atoms with Gasteiger partial charge in [0.15, 0.2) is 0 Å². The molecule has 2 aromatic heterocycles. The van der Waals surface area contributed by atoms with E-state index in [0.717, 1.165) is 35.6 Å². The number of aryl methyl sites for hydroxylation is 1. The van der Waals surface area contributed by atoms with E-state index in [1.165, 1.54) is 19.3 Å². The number of hydrogen-bond acceptors (Lipinski definition) is 7. The lowest BCUT2D eigenvalue weighted by molar-refractivity contribution is 0.305. The van der Waals surface area contributed by atoms with E-state index in [-0.39, 0.29) is 5.41 Å². The Balaban J connectivity index is 1.67. The quantitative estimate of drug-likeness (QED) is 0.735. The Morgan fingerprint density at radius 1 is 1.28 bits per heavy atom. The summed E-state index contributed by atoms with van der Waals surface area (Å²) in [4.78, 5) is 4.88. The maximum Gasteiger partial charge on any atom is 0.231 e. The number of rotatable bonds is 3. The second-order valence-corrected chi connectivity index (χ2v) is 9.14. The number of aromatic nitrogens is 3. The molecule has 29 heavy (non-hydrogen) atoms. The number of nitrogens with two attached hydrogens (primary N) is 1. The minimum Gasteiger partial charge on any atom is -0.367 e. The highest BCUT2D eigenvalue weighted by Crippen LogP contribution is 2.30. The molecule has 2 aromatic rings. The molecule has 0 spiro atoms. The summed E-state index contributed by atoms with van der Waals surface area (Å²) in [7, 11) is 1.91. The van der Waals surface area contributed by atoms with Gasteiger partial charge in [0.25, 0.3) is 0 Å². The summed E-state index contributed by atoms with van der Waals surface area (Å²) in [6.07, 6.45) is 11.8. The maximum atomic E-state index is 6.65. The van der Waals surface area contributed by atoms with Gasteiger partial charge in [-0.25, -0.2) is 4.99 Å². The minimum atomic E-state index is -1.18. The third-order valence-electron chi connectivity index (χ3n) is 5.58. The summed E-state index contributed by atoms with van der Waals surface area (Å²) in [5, 5.41) is 15.4. The highest BCUT2D eigenvalue weighted by Gasteiger charge is 2.36. The van der Waals surface area contributed by atoms with Crippen LogP contribution in [0.5, 0.6) is 0 Å². The molecule has 0 amide bonds. The zero-order valence-electron chi connectivity index (χ0n) is 17.7. The van der Waals surface area contributed by atoms with Crippen molar-refractivity contribution in [3.8, 4) is 0 Å². The molecule has 1 saturated carbocycles. The van der Waals surface area contributed by atoms with Gasteiger partial charge < -0.3 is 15.2 Å². The Morgan fingerprint density at radius 3 is 2.66 bits per heavy atom. The van der Waals surface area contributed by atoms with Crippen molar-refractivity contribution in [3.05, 3.63) is 41.7 Å². The van der Waals surface area contributed by atoms with Gasteiger partial charge in [-0.15, -0.1) is 0 Å². The van der Waals surface area contributed by atoms with Crippen LogP contribution in [0.2, 0.25) is 0 Å². The first-order valence-electron chi connectivity index (χ1n) is 10.3. The van der Waals surface area contributed by atoms with Gasteiger partial charge in [-0.2, -0.15) is 5.10 Å². The number of nitrogens with one attached hydrogen (secondary N) is 2. The van der Waals surface area contributed by atoms with Crippen LogP contribution in [0.15, 0.2) is 34.2 Å². The molecule has 1 aliphatic carbocycles. The minimum absolute atomic E-state index is 0.153. The van der Waals surface area contributed by atoms with Gasteiger partial charge in [-0.05, 0) is 12.8 Å². The van der Waals surface area contributed by atoms with Crippen molar-refractivity contribution in [3.63, 3.8) is 0 Å². The van der Waals surface area contributed by atoms with Crippen LogP contribution in [-0.2, 0) is 18.2 Å². The highest BCUT2D eigenvalue weighted by atomic mass is 16.5. The average Bonchev–Trinajstić information content (AvgIpc) is 3.32. The molecular formula is C21H31N7O. The molecule has 1 fully saturated rings. The summed E-state index contributed by atoms with van der Waals surface area (Å²) in [5.41, 5.74) is 8.99. The Bertz CT molecular complexity index is 927. The molecule has 1 unspecified atom stereocenters. The molecule has 0 saturated heterocycles. The predicted molar refractivity (Wildman–Crippen MR) is 113 cm³/mol. The largest absolute Gasteiger partial charge is 0.367 e. The van der Waals surface area contributed by atoms with Crippen LogP contribution < -0.4 is 16.4 Å². The van der Waals surface area contributed by atoms with Gasteiger partial charge in [0.1, 0.15) is 17.3 Å². The summed E-state index contributed by atoms with van der Waals surface area (Å²) < 4.78 is 7.34. The van der Waals surface area contributed by atoms with Crippen LogP contribution in [0, 0.1) is 0 Å². The first-order valence-corrected chi connectivity index (χ1v) is 10.3. The van der Waals surface area contributed by atoms with Crippen molar-refractivity contribution < 1.29 is 4.52 Å². The van der Waals surface area contributed by atoms with E-state index < -0.39 is 5.79 Å². The fourth-order valence-corrected chi connectivity index (χ4v) is 3.79. The third kappa shape index (κ3) is 4.07. The van der Waals surface area contributed by atoms with E-state index >= 15 is 0 Å². The van der Waals surface area contributed by atoms with Crippen LogP contribution in [0.3, 0.4) is 0 Å². The maximum absolute atomic E-state index is 6.65. The average molecular weight is 398 g/mol. The van der Waals surface area contributed by atoms with Gasteiger partial charge in [-0.3, -0.25) is 10.4 Å².